The summed E-state index contributed by atoms with van der Waals surface area (Å²) in [7, 11) is 1.72. The van der Waals surface area contributed by atoms with Crippen LogP contribution in [0.15, 0.2) is 29.3 Å². The molecule has 112 valence electrons. The number of guanidine groups is 1. The minimum atomic E-state index is -0.346. The fourth-order valence-corrected chi connectivity index (χ4v) is 1.57. The second-order valence-corrected chi connectivity index (χ2v) is 4.77. The SMILES string of the molecule is CCC(C)NC(=NC)NCC(C)Oc1ccccc1F. The summed E-state index contributed by atoms with van der Waals surface area (Å²) in [4.78, 5) is 4.14. The third kappa shape index (κ3) is 5.47. The van der Waals surface area contributed by atoms with Crippen LogP contribution in [0.1, 0.15) is 27.2 Å². The van der Waals surface area contributed by atoms with Gasteiger partial charge in [-0.2, -0.15) is 0 Å². The Morgan fingerprint density at radius 2 is 2.05 bits per heavy atom. The fraction of sp³-hybridized carbons (Fsp3) is 0.533. The van der Waals surface area contributed by atoms with Gasteiger partial charge in [0.15, 0.2) is 17.5 Å². The van der Waals surface area contributed by atoms with Crippen LogP contribution in [0.2, 0.25) is 0 Å². The lowest BCUT2D eigenvalue weighted by molar-refractivity contribution is 0.214. The van der Waals surface area contributed by atoms with Crippen LogP contribution in [0.25, 0.3) is 0 Å². The molecule has 0 spiro atoms. The van der Waals surface area contributed by atoms with E-state index >= 15 is 0 Å². The number of para-hydroxylation sites is 1. The summed E-state index contributed by atoms with van der Waals surface area (Å²) in [6.07, 6.45) is 0.851. The highest BCUT2D eigenvalue weighted by Gasteiger charge is 2.09. The van der Waals surface area contributed by atoms with Crippen molar-refractivity contribution < 1.29 is 9.13 Å². The highest BCUT2D eigenvalue weighted by Crippen LogP contribution is 2.16. The van der Waals surface area contributed by atoms with Gasteiger partial charge in [0.1, 0.15) is 6.10 Å². The molecule has 0 aromatic heterocycles. The van der Waals surface area contributed by atoms with E-state index in [9.17, 15) is 4.39 Å². The van der Waals surface area contributed by atoms with Crippen molar-refractivity contribution in [3.05, 3.63) is 30.1 Å². The molecule has 5 heteroatoms. The smallest absolute Gasteiger partial charge is 0.191 e. The Hall–Kier alpha value is -1.78. The number of aliphatic imine (C=N–C) groups is 1. The van der Waals surface area contributed by atoms with Crippen LogP contribution in [0, 0.1) is 5.82 Å². The lowest BCUT2D eigenvalue weighted by atomic mass is 10.3. The molecule has 1 aromatic carbocycles. The van der Waals surface area contributed by atoms with Crippen LogP contribution >= 0.6 is 0 Å². The summed E-state index contributed by atoms with van der Waals surface area (Å²) in [6, 6.07) is 6.76. The van der Waals surface area contributed by atoms with Crippen molar-refractivity contribution in [1.82, 2.24) is 10.6 Å². The second-order valence-electron chi connectivity index (χ2n) is 4.77. The van der Waals surface area contributed by atoms with Crippen molar-refractivity contribution >= 4 is 5.96 Å². The van der Waals surface area contributed by atoms with Gasteiger partial charge in [0.25, 0.3) is 0 Å². The molecule has 2 unspecified atom stereocenters. The Morgan fingerprint density at radius 3 is 2.65 bits per heavy atom. The van der Waals surface area contributed by atoms with Gasteiger partial charge in [-0.1, -0.05) is 19.1 Å². The number of nitrogens with zero attached hydrogens (tertiary/aromatic N) is 1. The zero-order chi connectivity index (χ0) is 15.0. The third-order valence-electron chi connectivity index (χ3n) is 2.94. The number of hydrogen-bond donors (Lipinski definition) is 2. The van der Waals surface area contributed by atoms with E-state index in [1.54, 1.807) is 25.2 Å². The van der Waals surface area contributed by atoms with E-state index in [0.29, 0.717) is 12.6 Å². The molecule has 0 radical (unpaired) electrons. The highest BCUT2D eigenvalue weighted by atomic mass is 19.1. The number of ether oxygens (including phenoxy) is 1. The Morgan fingerprint density at radius 1 is 1.35 bits per heavy atom. The summed E-state index contributed by atoms with van der Waals surface area (Å²) in [5.41, 5.74) is 0. The number of nitrogens with one attached hydrogen (secondary N) is 2. The van der Waals surface area contributed by atoms with Crippen molar-refractivity contribution in [3.8, 4) is 5.75 Å². The van der Waals surface area contributed by atoms with E-state index in [2.05, 4.69) is 29.5 Å². The maximum atomic E-state index is 13.5. The molecule has 0 aliphatic carbocycles. The standard InChI is InChI=1S/C15H24FN3O/c1-5-11(2)19-15(17-4)18-10-12(3)20-14-9-7-6-8-13(14)16/h6-9,11-12H,5,10H2,1-4H3,(H2,17,18,19). The van der Waals surface area contributed by atoms with Gasteiger partial charge in [0.05, 0.1) is 6.54 Å². The molecule has 4 nitrogen and oxygen atoms in total. The lowest BCUT2D eigenvalue weighted by Gasteiger charge is -2.20. The van der Waals surface area contributed by atoms with Crippen molar-refractivity contribution in [2.75, 3.05) is 13.6 Å². The first-order valence-corrected chi connectivity index (χ1v) is 6.95. The van der Waals surface area contributed by atoms with Gasteiger partial charge in [0, 0.05) is 13.1 Å². The second kappa shape index (κ2) is 8.40. The van der Waals surface area contributed by atoms with Gasteiger partial charge in [-0.15, -0.1) is 0 Å². The summed E-state index contributed by atoms with van der Waals surface area (Å²) in [5.74, 6) is 0.650. The largest absolute Gasteiger partial charge is 0.486 e. The maximum absolute atomic E-state index is 13.5. The van der Waals surface area contributed by atoms with E-state index in [4.69, 9.17) is 4.74 Å². The molecule has 0 fully saturated rings. The minimum Gasteiger partial charge on any atom is -0.486 e. The maximum Gasteiger partial charge on any atom is 0.191 e. The van der Waals surface area contributed by atoms with Gasteiger partial charge in [-0.05, 0) is 32.4 Å². The predicted molar refractivity (Wildman–Crippen MR) is 80.7 cm³/mol. The van der Waals surface area contributed by atoms with Crippen molar-refractivity contribution in [2.24, 2.45) is 4.99 Å². The van der Waals surface area contributed by atoms with Gasteiger partial charge in [-0.3, -0.25) is 4.99 Å². The van der Waals surface area contributed by atoms with Crippen molar-refractivity contribution in [2.45, 2.75) is 39.3 Å². The van der Waals surface area contributed by atoms with E-state index in [-0.39, 0.29) is 17.7 Å². The molecule has 0 aliphatic rings. The summed E-state index contributed by atoms with van der Waals surface area (Å²) >= 11 is 0. The Labute approximate surface area is 120 Å². The van der Waals surface area contributed by atoms with Crippen LogP contribution < -0.4 is 15.4 Å². The van der Waals surface area contributed by atoms with E-state index in [1.807, 2.05) is 6.92 Å². The quantitative estimate of drug-likeness (QED) is 0.622. The number of benzene rings is 1. The normalized spacial score (nSPS) is 14.6. The number of rotatable bonds is 6. The van der Waals surface area contributed by atoms with Gasteiger partial charge in [-0.25, -0.2) is 4.39 Å². The minimum absolute atomic E-state index is 0.164. The number of hydrogen-bond acceptors (Lipinski definition) is 2. The van der Waals surface area contributed by atoms with Crippen LogP contribution in [0.4, 0.5) is 4.39 Å². The predicted octanol–water partition coefficient (Wildman–Crippen LogP) is 2.56. The van der Waals surface area contributed by atoms with E-state index in [1.165, 1.54) is 6.07 Å². The van der Waals surface area contributed by atoms with Gasteiger partial charge < -0.3 is 15.4 Å². The highest BCUT2D eigenvalue weighted by molar-refractivity contribution is 5.79. The van der Waals surface area contributed by atoms with E-state index in [0.717, 1.165) is 12.4 Å². The molecule has 0 saturated carbocycles. The Balaban J connectivity index is 2.43. The fourth-order valence-electron chi connectivity index (χ4n) is 1.57. The number of halogens is 1. The molecule has 0 bridgehead atoms. The van der Waals surface area contributed by atoms with E-state index < -0.39 is 0 Å². The third-order valence-corrected chi connectivity index (χ3v) is 2.94. The molecule has 0 heterocycles. The Bertz CT molecular complexity index is 437. The average Bonchev–Trinajstić information content (AvgIpc) is 2.45. The molecular formula is C15H24FN3O. The van der Waals surface area contributed by atoms with Crippen LogP contribution in [0.3, 0.4) is 0 Å². The molecule has 0 amide bonds. The zero-order valence-corrected chi connectivity index (χ0v) is 12.6. The molecule has 1 aromatic rings. The first-order valence-electron chi connectivity index (χ1n) is 6.95. The molecule has 0 saturated heterocycles. The summed E-state index contributed by atoms with van der Waals surface area (Å²) in [5, 5.41) is 6.42. The Kier molecular flexibility index (Phi) is 6.84. The monoisotopic (exact) mass is 281 g/mol. The first kappa shape index (κ1) is 16.3. The molecule has 2 N–H and O–H groups in total. The van der Waals surface area contributed by atoms with Crippen LogP contribution in [-0.4, -0.2) is 31.7 Å². The zero-order valence-electron chi connectivity index (χ0n) is 12.6. The van der Waals surface area contributed by atoms with Crippen LogP contribution in [-0.2, 0) is 0 Å². The average molecular weight is 281 g/mol. The van der Waals surface area contributed by atoms with Gasteiger partial charge in [0.2, 0.25) is 0 Å². The first-order chi connectivity index (χ1) is 9.56. The van der Waals surface area contributed by atoms with Crippen molar-refractivity contribution in [1.29, 1.82) is 0 Å². The van der Waals surface area contributed by atoms with Gasteiger partial charge >= 0.3 is 0 Å². The molecule has 0 aliphatic heterocycles. The summed E-state index contributed by atoms with van der Waals surface area (Å²) < 4.78 is 19.0. The lowest BCUT2D eigenvalue weighted by Crippen LogP contribution is -2.45. The van der Waals surface area contributed by atoms with Crippen LogP contribution in [0.5, 0.6) is 5.75 Å². The van der Waals surface area contributed by atoms with Crippen molar-refractivity contribution in [3.63, 3.8) is 0 Å². The molecule has 2 atom stereocenters. The molecule has 20 heavy (non-hydrogen) atoms. The molecule has 1 rings (SSSR count). The summed E-state index contributed by atoms with van der Waals surface area (Å²) in [6.45, 7) is 6.63. The molecular weight excluding hydrogens is 257 g/mol. The topological polar surface area (TPSA) is 45.7 Å².